The van der Waals surface area contributed by atoms with Crippen LogP contribution in [0.5, 0.6) is 0 Å². The minimum absolute atomic E-state index is 0.000393. The van der Waals surface area contributed by atoms with E-state index in [2.05, 4.69) is 61.0 Å². The fourth-order valence-corrected chi connectivity index (χ4v) is 9.73. The van der Waals surface area contributed by atoms with Gasteiger partial charge < -0.3 is 50.8 Å². The Kier molecular flexibility index (Phi) is 18.4. The van der Waals surface area contributed by atoms with E-state index in [1.165, 1.54) is 36.4 Å². The topological polar surface area (TPSA) is 340 Å². The van der Waals surface area contributed by atoms with Crippen LogP contribution in [0.2, 0.25) is 0 Å². The first-order valence-electron chi connectivity index (χ1n) is 24.7. The molecular formula is C50H58N14O12S2. The maximum Gasteiger partial charge on any atom is 0.338 e. The summed E-state index contributed by atoms with van der Waals surface area (Å²) in [7, 11) is -9.87. The molecule has 2 aliphatic rings. The summed E-state index contributed by atoms with van der Waals surface area (Å²) in [5.41, 5.74) is 1.92. The predicted octanol–water partition coefficient (Wildman–Crippen LogP) is 4.28. The van der Waals surface area contributed by atoms with Gasteiger partial charge in [0.2, 0.25) is 35.7 Å². The number of aliphatic hydroxyl groups is 2. The van der Waals surface area contributed by atoms with Gasteiger partial charge in [-0.3, -0.25) is 18.9 Å². The Bertz CT molecular complexity index is 3120. The maximum absolute atomic E-state index is 13.0. The van der Waals surface area contributed by atoms with Gasteiger partial charge in [-0.05, 0) is 97.8 Å². The molecule has 0 aliphatic carbocycles. The number of aromatic nitrogens is 6. The van der Waals surface area contributed by atoms with E-state index in [1.54, 1.807) is 62.4 Å². The summed E-state index contributed by atoms with van der Waals surface area (Å²) in [6.07, 6.45) is 2.51. The van der Waals surface area contributed by atoms with Crippen LogP contribution in [0.3, 0.4) is 0 Å². The van der Waals surface area contributed by atoms with Crippen molar-refractivity contribution in [1.82, 2.24) is 39.7 Å². The van der Waals surface area contributed by atoms with Crippen LogP contribution in [0.25, 0.3) is 12.2 Å². The predicted molar refractivity (Wildman–Crippen MR) is 291 cm³/mol. The highest BCUT2D eigenvalue weighted by Gasteiger charge is 2.24. The molecule has 0 atom stereocenters. The smallest absolute Gasteiger partial charge is 0.338 e. The summed E-state index contributed by atoms with van der Waals surface area (Å²) in [5, 5.41) is 31.1. The second-order valence-electron chi connectivity index (χ2n) is 17.6. The molecule has 2 aromatic heterocycles. The molecule has 0 unspecified atom stereocenters. The van der Waals surface area contributed by atoms with Gasteiger partial charge in [0.15, 0.2) is 0 Å². The van der Waals surface area contributed by atoms with Gasteiger partial charge >= 0.3 is 11.9 Å². The first kappa shape index (κ1) is 56.2. The van der Waals surface area contributed by atoms with Crippen LogP contribution >= 0.6 is 0 Å². The van der Waals surface area contributed by atoms with E-state index in [0.717, 1.165) is 12.1 Å². The number of aliphatic hydroxyl groups excluding tert-OH is 2. The van der Waals surface area contributed by atoms with Crippen LogP contribution in [-0.2, 0) is 29.7 Å². The van der Waals surface area contributed by atoms with Crippen LogP contribution in [0, 0.1) is 0 Å². The van der Waals surface area contributed by atoms with Crippen molar-refractivity contribution in [2.24, 2.45) is 0 Å². The Labute approximate surface area is 449 Å². The third-order valence-corrected chi connectivity index (χ3v) is 14.1. The monoisotopic (exact) mass is 1110 g/mol. The van der Waals surface area contributed by atoms with E-state index >= 15 is 0 Å². The number of ether oxygens (including phenoxy) is 2. The summed E-state index contributed by atoms with van der Waals surface area (Å²) in [4.78, 5) is 59.0. The maximum atomic E-state index is 13.0. The number of piperazine rings is 2. The number of carbonyl (C=O) groups excluding carboxylic acids is 2. The highest BCUT2D eigenvalue weighted by atomic mass is 32.2. The minimum atomic E-state index is -4.94. The molecule has 0 bridgehead atoms. The molecule has 4 heterocycles. The second-order valence-corrected chi connectivity index (χ2v) is 20.3. The van der Waals surface area contributed by atoms with Crippen molar-refractivity contribution >= 4 is 103 Å². The van der Waals surface area contributed by atoms with Crippen molar-refractivity contribution in [2.75, 3.05) is 123 Å². The molecule has 2 aliphatic heterocycles. The Morgan fingerprint density at radius 1 is 0.500 bits per heavy atom. The van der Waals surface area contributed by atoms with E-state index in [4.69, 9.17) is 9.47 Å². The second kappa shape index (κ2) is 25.5. The molecule has 412 valence electrons. The molecule has 0 amide bonds. The van der Waals surface area contributed by atoms with Gasteiger partial charge in [-0.1, -0.05) is 24.3 Å². The van der Waals surface area contributed by atoms with Gasteiger partial charge in [-0.25, -0.2) is 9.59 Å². The number of esters is 2. The number of nitrogens with zero attached hydrogens (tertiary/aromatic N) is 10. The van der Waals surface area contributed by atoms with Crippen LogP contribution < -0.4 is 31.1 Å². The number of β-amino-alcohol motifs (C(OH)–C–C–N with tert-alkyl or cyclic N) is 2. The van der Waals surface area contributed by atoms with Gasteiger partial charge in [-0.15, -0.1) is 0 Å². The standard InChI is InChI=1S/C50H58N14O12S2/c1-3-75-43(67)35-9-13-37(14-10-35)51-45-55-47(59-49(57-45)63-23-19-61(20-24-63)27-29-65)53-39-17-7-33(41(31-39)77(69,70)71)5-6-34-8-18-40(32-42(34)78(72,73)74)54-48-56-46(52-38-15-11-36(12-16-38)44(68)76-4-2)58-50(60-48)64-25-21-62(22-26-64)28-30-66/h5-18,31-32,65-66H,3-4,19-30H2,1-2H3,(H,69,70,71)(H,72,73,74)(H2,51,53,55,57,59)(H2,52,54,56,58,60). The van der Waals surface area contributed by atoms with Crippen LogP contribution in [0.15, 0.2) is 94.7 Å². The molecule has 4 aromatic carbocycles. The molecule has 0 spiro atoms. The molecular weight excluding hydrogens is 1050 g/mol. The molecule has 0 radical (unpaired) electrons. The number of rotatable bonds is 22. The molecule has 28 heteroatoms. The Morgan fingerprint density at radius 2 is 0.821 bits per heavy atom. The number of nitrogens with one attached hydrogen (secondary N) is 4. The molecule has 0 saturated carbocycles. The number of hydrogen-bond donors (Lipinski definition) is 8. The average molecular weight is 1110 g/mol. The van der Waals surface area contributed by atoms with Gasteiger partial charge in [0.05, 0.1) is 37.6 Å². The third-order valence-electron chi connectivity index (χ3n) is 12.2. The summed E-state index contributed by atoms with van der Waals surface area (Å²) in [6, 6.07) is 20.9. The number of anilines is 10. The molecule has 8 N–H and O–H groups in total. The Morgan fingerprint density at radius 3 is 1.13 bits per heavy atom. The Balaban J connectivity index is 1.05. The van der Waals surface area contributed by atoms with E-state index < -0.39 is 42.0 Å². The summed E-state index contributed by atoms with van der Waals surface area (Å²) < 4.78 is 82.9. The summed E-state index contributed by atoms with van der Waals surface area (Å²) >= 11 is 0. The number of benzene rings is 4. The third kappa shape index (κ3) is 14.9. The highest BCUT2D eigenvalue weighted by molar-refractivity contribution is 7.86. The van der Waals surface area contributed by atoms with E-state index in [9.17, 15) is 45.7 Å². The van der Waals surface area contributed by atoms with Gasteiger partial charge in [-0.2, -0.15) is 46.7 Å². The Hall–Kier alpha value is -7.96. The fraction of sp³-hybridized carbons (Fsp3) is 0.320. The van der Waals surface area contributed by atoms with Crippen LogP contribution in [-0.4, -0.2) is 180 Å². The first-order chi connectivity index (χ1) is 37.5. The number of hydrogen-bond acceptors (Lipinski definition) is 24. The van der Waals surface area contributed by atoms with Crippen molar-refractivity contribution in [1.29, 1.82) is 0 Å². The summed E-state index contributed by atoms with van der Waals surface area (Å²) in [6.45, 7) is 9.48. The zero-order valence-electron chi connectivity index (χ0n) is 42.5. The zero-order chi connectivity index (χ0) is 55.4. The minimum Gasteiger partial charge on any atom is -0.462 e. The number of carbonyl (C=O) groups is 2. The van der Waals surface area contributed by atoms with Gasteiger partial charge in [0, 0.05) is 88.2 Å². The average Bonchev–Trinajstić information content (AvgIpc) is 3.41. The molecule has 26 nitrogen and oxygen atoms in total. The van der Waals surface area contributed by atoms with Crippen LogP contribution in [0.1, 0.15) is 45.7 Å². The normalized spacial score (nSPS) is 14.5. The van der Waals surface area contributed by atoms with E-state index in [-0.39, 0.29) is 84.6 Å². The highest BCUT2D eigenvalue weighted by Crippen LogP contribution is 2.30. The van der Waals surface area contributed by atoms with Crippen molar-refractivity contribution in [2.45, 2.75) is 23.6 Å². The molecule has 8 rings (SSSR count). The first-order valence-corrected chi connectivity index (χ1v) is 27.6. The van der Waals surface area contributed by atoms with Crippen LogP contribution in [0.4, 0.5) is 58.4 Å². The van der Waals surface area contributed by atoms with Crippen molar-refractivity contribution in [3.8, 4) is 0 Å². The quantitative estimate of drug-likeness (QED) is 0.0267. The van der Waals surface area contributed by atoms with E-state index in [0.29, 0.717) is 87.9 Å². The van der Waals surface area contributed by atoms with Gasteiger partial charge in [0.1, 0.15) is 9.79 Å². The molecule has 2 saturated heterocycles. The van der Waals surface area contributed by atoms with E-state index in [1.807, 2.05) is 9.80 Å². The van der Waals surface area contributed by atoms with Crippen molar-refractivity contribution in [3.63, 3.8) is 0 Å². The zero-order valence-corrected chi connectivity index (χ0v) is 44.1. The lowest BCUT2D eigenvalue weighted by Crippen LogP contribution is -2.47. The van der Waals surface area contributed by atoms with Crippen molar-refractivity contribution in [3.05, 3.63) is 107 Å². The molecule has 2 fully saturated rings. The summed E-state index contributed by atoms with van der Waals surface area (Å²) in [5.74, 6) is -0.177. The van der Waals surface area contributed by atoms with Crippen molar-refractivity contribution < 1.29 is 55.2 Å². The molecule has 78 heavy (non-hydrogen) atoms. The lowest BCUT2D eigenvalue weighted by molar-refractivity contribution is 0.0517. The largest absolute Gasteiger partial charge is 0.462 e. The lowest BCUT2D eigenvalue weighted by Gasteiger charge is -2.34. The SMILES string of the molecule is CCOC(=O)c1ccc(Nc2nc(Nc3ccc(C=Cc4ccc(Nc5nc(Nc6ccc(C(=O)OCC)cc6)nc(N6CCN(CCO)CC6)n5)cc4S(=O)(=O)O)c(S(=O)(=O)O)c3)nc(N3CCN(CCO)CC3)n2)cc1. The fourth-order valence-electron chi connectivity index (χ4n) is 8.31. The van der Waals surface area contributed by atoms with Gasteiger partial charge in [0.25, 0.3) is 20.2 Å². The molecule has 6 aromatic rings. The lowest BCUT2D eigenvalue weighted by atomic mass is 10.1.